The molecular weight excluding hydrogens is 509 g/mol. The summed E-state index contributed by atoms with van der Waals surface area (Å²) < 4.78 is 97.1. The van der Waals surface area contributed by atoms with Crippen molar-refractivity contribution < 1.29 is 39.9 Å². The van der Waals surface area contributed by atoms with Gasteiger partial charge >= 0.3 is 6.18 Å². The van der Waals surface area contributed by atoms with Crippen LogP contribution in [0.5, 0.6) is 5.75 Å². The standard InChI is InChI=1S/C23H24F5N3O4S/c1-4-36(33,34)15-5-6-17(35-13(2)21(3,24)25)16(9-15)19(32)31-11-14-10-22(14,12-31)20-29-8-7-18(30-20)23(26,27)28/h5-9,13-14H,4,10-12H2,1-3H3. The number of hydrogen-bond acceptors (Lipinski definition) is 6. The second-order valence-electron chi connectivity index (χ2n) is 9.28. The highest BCUT2D eigenvalue weighted by Gasteiger charge is 2.64. The van der Waals surface area contributed by atoms with Crippen molar-refractivity contribution in [1.29, 1.82) is 0 Å². The van der Waals surface area contributed by atoms with Crippen molar-refractivity contribution in [3.63, 3.8) is 0 Å². The molecule has 0 radical (unpaired) electrons. The Kier molecular flexibility index (Phi) is 6.29. The number of likely N-dealkylation sites (tertiary alicyclic amines) is 1. The van der Waals surface area contributed by atoms with Crippen molar-refractivity contribution in [2.24, 2.45) is 5.92 Å². The molecule has 2 aliphatic rings. The number of aromatic nitrogens is 2. The molecule has 3 unspecified atom stereocenters. The smallest absolute Gasteiger partial charge is 0.433 e. The highest BCUT2D eigenvalue weighted by molar-refractivity contribution is 7.91. The molecule has 1 amide bonds. The van der Waals surface area contributed by atoms with E-state index in [0.717, 1.165) is 25.3 Å². The summed E-state index contributed by atoms with van der Waals surface area (Å²) in [6.45, 7) is 3.37. The minimum Gasteiger partial charge on any atom is -0.484 e. The Morgan fingerprint density at radius 3 is 2.56 bits per heavy atom. The van der Waals surface area contributed by atoms with Crippen LogP contribution in [0.25, 0.3) is 0 Å². The fourth-order valence-corrected chi connectivity index (χ4v) is 5.25. The number of piperidine rings is 1. The SMILES string of the molecule is CCS(=O)(=O)c1ccc(OC(C)C(C)(F)F)c(C(=O)N2CC3CC3(c3nccc(C(F)(F)F)n3)C2)c1. The van der Waals surface area contributed by atoms with E-state index >= 15 is 0 Å². The lowest BCUT2D eigenvalue weighted by molar-refractivity contribution is -0.141. The van der Waals surface area contributed by atoms with Crippen LogP contribution >= 0.6 is 0 Å². The predicted octanol–water partition coefficient (Wildman–Crippen LogP) is 4.13. The molecule has 3 atom stereocenters. The number of carbonyl (C=O) groups is 1. The topological polar surface area (TPSA) is 89.5 Å². The van der Waals surface area contributed by atoms with Gasteiger partial charge in [-0.3, -0.25) is 4.79 Å². The molecule has 0 spiro atoms. The normalized spacial score (nSPS) is 22.8. The fraction of sp³-hybridized carbons (Fsp3) is 0.522. The van der Waals surface area contributed by atoms with E-state index in [4.69, 9.17) is 4.74 Å². The lowest BCUT2D eigenvalue weighted by Crippen LogP contribution is -2.36. The Morgan fingerprint density at radius 1 is 1.25 bits per heavy atom. The van der Waals surface area contributed by atoms with Gasteiger partial charge in [0.05, 0.1) is 21.6 Å². The van der Waals surface area contributed by atoms with Gasteiger partial charge in [0.25, 0.3) is 11.8 Å². The van der Waals surface area contributed by atoms with Crippen LogP contribution in [0.2, 0.25) is 0 Å². The van der Waals surface area contributed by atoms with Gasteiger partial charge in [-0.2, -0.15) is 13.2 Å². The molecule has 2 aromatic rings. The van der Waals surface area contributed by atoms with Crippen molar-refractivity contribution in [2.45, 2.75) is 55.7 Å². The van der Waals surface area contributed by atoms with Crippen LogP contribution in [-0.2, 0) is 21.4 Å². The average molecular weight is 534 g/mol. The molecule has 7 nitrogen and oxygen atoms in total. The van der Waals surface area contributed by atoms with Gasteiger partial charge in [0, 0.05) is 26.2 Å². The summed E-state index contributed by atoms with van der Waals surface area (Å²) in [7, 11) is -3.73. The quantitative estimate of drug-likeness (QED) is 0.498. The number of benzene rings is 1. The van der Waals surface area contributed by atoms with Crippen LogP contribution in [0.1, 0.15) is 49.1 Å². The maximum atomic E-state index is 13.8. The maximum Gasteiger partial charge on any atom is 0.433 e. The van der Waals surface area contributed by atoms with Gasteiger partial charge in [0.1, 0.15) is 17.3 Å². The number of amides is 1. The van der Waals surface area contributed by atoms with E-state index in [1.807, 2.05) is 0 Å². The Bertz CT molecular complexity index is 1300. The molecule has 1 aliphatic carbocycles. The molecule has 0 bridgehead atoms. The lowest BCUT2D eigenvalue weighted by Gasteiger charge is -2.25. The molecule has 1 aromatic carbocycles. The third kappa shape index (κ3) is 4.76. The van der Waals surface area contributed by atoms with Crippen LogP contribution in [-0.4, -0.2) is 60.1 Å². The molecule has 2 heterocycles. The zero-order valence-corrected chi connectivity index (χ0v) is 20.5. The van der Waals surface area contributed by atoms with E-state index in [1.165, 1.54) is 24.0 Å². The molecular formula is C23H24F5N3O4S. The van der Waals surface area contributed by atoms with E-state index in [9.17, 15) is 35.2 Å². The number of halogens is 5. The minimum atomic E-state index is -4.65. The van der Waals surface area contributed by atoms with Crippen molar-refractivity contribution in [2.75, 3.05) is 18.8 Å². The Labute approximate surface area is 204 Å². The van der Waals surface area contributed by atoms with Crippen LogP contribution in [0.3, 0.4) is 0 Å². The molecule has 4 rings (SSSR count). The monoisotopic (exact) mass is 533 g/mol. The largest absolute Gasteiger partial charge is 0.484 e. The number of ether oxygens (including phenoxy) is 1. The van der Waals surface area contributed by atoms with E-state index in [0.29, 0.717) is 13.3 Å². The van der Waals surface area contributed by atoms with Gasteiger partial charge < -0.3 is 9.64 Å². The average Bonchev–Trinajstić information content (AvgIpc) is 3.38. The highest BCUT2D eigenvalue weighted by Crippen LogP contribution is 2.58. The Balaban J connectivity index is 1.66. The van der Waals surface area contributed by atoms with Gasteiger partial charge in [0.2, 0.25) is 0 Å². The summed E-state index contributed by atoms with van der Waals surface area (Å²) in [5, 5.41) is 0. The fourth-order valence-electron chi connectivity index (χ4n) is 4.34. The van der Waals surface area contributed by atoms with Gasteiger partial charge in [-0.25, -0.2) is 27.2 Å². The van der Waals surface area contributed by atoms with Crippen molar-refractivity contribution in [3.05, 3.63) is 47.5 Å². The second kappa shape index (κ2) is 8.63. The van der Waals surface area contributed by atoms with Gasteiger partial charge in [0.15, 0.2) is 15.9 Å². The molecule has 0 N–H and O–H groups in total. The number of rotatable bonds is 7. The van der Waals surface area contributed by atoms with Crippen LogP contribution in [0.4, 0.5) is 22.0 Å². The van der Waals surface area contributed by atoms with Gasteiger partial charge in [-0.05, 0) is 43.5 Å². The lowest BCUT2D eigenvalue weighted by atomic mass is 10.1. The number of nitrogens with zero attached hydrogens (tertiary/aromatic N) is 3. The zero-order valence-electron chi connectivity index (χ0n) is 19.6. The zero-order chi connectivity index (χ0) is 26.7. The number of hydrogen-bond donors (Lipinski definition) is 0. The summed E-state index contributed by atoms with van der Waals surface area (Å²) in [4.78, 5) is 22.4. The first-order valence-electron chi connectivity index (χ1n) is 11.2. The van der Waals surface area contributed by atoms with Crippen molar-refractivity contribution in [3.8, 4) is 5.75 Å². The molecule has 13 heteroatoms. The van der Waals surface area contributed by atoms with E-state index in [-0.39, 0.29) is 46.8 Å². The van der Waals surface area contributed by atoms with Crippen LogP contribution in [0, 0.1) is 5.92 Å². The van der Waals surface area contributed by atoms with Crippen LogP contribution < -0.4 is 4.74 Å². The van der Waals surface area contributed by atoms with Crippen molar-refractivity contribution >= 4 is 15.7 Å². The molecule has 196 valence electrons. The summed E-state index contributed by atoms with van der Waals surface area (Å²) in [5.41, 5.74) is -2.16. The third-order valence-corrected chi connectivity index (χ3v) is 8.49. The number of alkyl halides is 5. The molecule has 36 heavy (non-hydrogen) atoms. The minimum absolute atomic E-state index is 0.00149. The highest BCUT2D eigenvalue weighted by atomic mass is 32.2. The Morgan fingerprint density at radius 2 is 1.94 bits per heavy atom. The number of carbonyl (C=O) groups excluding carboxylic acids is 1. The molecule has 1 aromatic heterocycles. The van der Waals surface area contributed by atoms with Crippen LogP contribution in [0.15, 0.2) is 35.4 Å². The predicted molar refractivity (Wildman–Crippen MR) is 118 cm³/mol. The number of sulfone groups is 1. The maximum absolute atomic E-state index is 13.8. The second-order valence-corrected chi connectivity index (χ2v) is 11.6. The summed E-state index contributed by atoms with van der Waals surface area (Å²) >= 11 is 0. The van der Waals surface area contributed by atoms with Gasteiger partial charge in [-0.15, -0.1) is 0 Å². The first-order chi connectivity index (χ1) is 16.6. The summed E-state index contributed by atoms with van der Waals surface area (Å²) in [6.07, 6.45) is -4.75. The first kappa shape index (κ1) is 26.2. The van der Waals surface area contributed by atoms with E-state index in [1.54, 1.807) is 0 Å². The molecule has 2 fully saturated rings. The molecule has 1 aliphatic heterocycles. The first-order valence-corrected chi connectivity index (χ1v) is 12.8. The Hall–Kier alpha value is -2.83. The summed E-state index contributed by atoms with van der Waals surface area (Å²) in [6, 6.07) is 4.21. The van der Waals surface area contributed by atoms with Crippen molar-refractivity contribution in [1.82, 2.24) is 14.9 Å². The summed E-state index contributed by atoms with van der Waals surface area (Å²) in [5.74, 6) is -4.58. The van der Waals surface area contributed by atoms with E-state index < -0.39 is 45.1 Å². The molecule has 1 saturated carbocycles. The van der Waals surface area contributed by atoms with E-state index in [2.05, 4.69) is 9.97 Å². The molecule has 1 saturated heterocycles. The number of fused-ring (bicyclic) bond motifs is 1. The van der Waals surface area contributed by atoms with Gasteiger partial charge in [-0.1, -0.05) is 6.92 Å². The third-order valence-electron chi connectivity index (χ3n) is 6.76.